The van der Waals surface area contributed by atoms with Gasteiger partial charge in [-0.25, -0.2) is 15.0 Å². The Morgan fingerprint density at radius 1 is 1.25 bits per heavy atom. The number of halogens is 3. The van der Waals surface area contributed by atoms with Gasteiger partial charge in [-0.2, -0.15) is 13.2 Å². The molecule has 8 heteroatoms. The molecule has 3 aromatic rings. The van der Waals surface area contributed by atoms with Crippen molar-refractivity contribution in [2.45, 2.75) is 12.1 Å². The number of fused-ring (bicyclic) bond motifs is 2. The molecule has 4 rings (SSSR count). The Hall–Kier alpha value is -2.90. The summed E-state index contributed by atoms with van der Waals surface area (Å²) in [7, 11) is 0. The van der Waals surface area contributed by atoms with Gasteiger partial charge in [0.25, 0.3) is 0 Å². The molecule has 0 bridgehead atoms. The Morgan fingerprint density at radius 2 is 2.08 bits per heavy atom. The predicted octanol–water partition coefficient (Wildman–Crippen LogP) is 3.86. The van der Waals surface area contributed by atoms with E-state index in [9.17, 15) is 13.2 Å². The zero-order chi connectivity index (χ0) is 16.7. The first-order valence-corrected chi connectivity index (χ1v) is 7.19. The van der Waals surface area contributed by atoms with E-state index in [1.165, 1.54) is 6.33 Å². The fourth-order valence-corrected chi connectivity index (χ4v) is 2.74. The number of H-pyrrole nitrogens is 1. The number of ether oxygens (including phenoxy) is 1. The van der Waals surface area contributed by atoms with Crippen LogP contribution < -0.4 is 4.74 Å². The number of rotatable bonds is 2. The number of hydrogen-bond acceptors (Lipinski definition) is 4. The van der Waals surface area contributed by atoms with Crippen LogP contribution in [0.4, 0.5) is 19.0 Å². The van der Waals surface area contributed by atoms with E-state index in [1.807, 2.05) is 24.3 Å². The smallest absolute Gasteiger partial charge is 0.418 e. The number of para-hydroxylation sites is 1. The third kappa shape index (κ3) is 2.40. The molecule has 5 nitrogen and oxygen atoms in total. The summed E-state index contributed by atoms with van der Waals surface area (Å²) in [4.78, 5) is 14.4. The van der Waals surface area contributed by atoms with Gasteiger partial charge in [0.15, 0.2) is 5.82 Å². The maximum Gasteiger partial charge on any atom is 0.418 e. The average molecular weight is 332 g/mol. The SMILES string of the molecule is FC(F)(F)c1c[nH]c2ncnc(N=CC3COc4ccccc43)c12. The number of benzene rings is 1. The van der Waals surface area contributed by atoms with E-state index in [1.54, 1.807) is 6.21 Å². The van der Waals surface area contributed by atoms with E-state index >= 15 is 0 Å². The second-order valence-corrected chi connectivity index (χ2v) is 5.35. The number of aliphatic imine (C=N–C) groups is 1. The van der Waals surface area contributed by atoms with Crippen molar-refractivity contribution in [2.75, 3.05) is 6.61 Å². The lowest BCUT2D eigenvalue weighted by atomic mass is 10.0. The van der Waals surface area contributed by atoms with E-state index in [4.69, 9.17) is 4.74 Å². The normalized spacial score (nSPS) is 17.4. The van der Waals surface area contributed by atoms with Crippen LogP contribution in [0.2, 0.25) is 0 Å². The van der Waals surface area contributed by atoms with Gasteiger partial charge in [0, 0.05) is 18.0 Å². The topological polar surface area (TPSA) is 63.2 Å². The predicted molar refractivity (Wildman–Crippen MR) is 81.7 cm³/mol. The van der Waals surface area contributed by atoms with Gasteiger partial charge in [0.2, 0.25) is 0 Å². The van der Waals surface area contributed by atoms with Gasteiger partial charge < -0.3 is 9.72 Å². The Bertz CT molecular complexity index is 932. The first-order valence-electron chi connectivity index (χ1n) is 7.19. The number of hydrogen-bond donors (Lipinski definition) is 1. The largest absolute Gasteiger partial charge is 0.492 e. The lowest BCUT2D eigenvalue weighted by Crippen LogP contribution is -2.04. The Labute approximate surface area is 134 Å². The Balaban J connectivity index is 1.74. The van der Waals surface area contributed by atoms with Crippen molar-refractivity contribution in [1.82, 2.24) is 15.0 Å². The van der Waals surface area contributed by atoms with Gasteiger partial charge in [0.1, 0.15) is 24.3 Å². The highest BCUT2D eigenvalue weighted by Crippen LogP contribution is 2.38. The van der Waals surface area contributed by atoms with Crippen LogP contribution in [0.25, 0.3) is 11.0 Å². The van der Waals surface area contributed by atoms with Crippen molar-refractivity contribution in [1.29, 1.82) is 0 Å². The fourth-order valence-electron chi connectivity index (χ4n) is 2.74. The molecule has 1 aromatic carbocycles. The molecule has 24 heavy (non-hydrogen) atoms. The van der Waals surface area contributed by atoms with Gasteiger partial charge in [-0.15, -0.1) is 0 Å². The first-order chi connectivity index (χ1) is 11.5. The van der Waals surface area contributed by atoms with Crippen molar-refractivity contribution in [3.8, 4) is 5.75 Å². The lowest BCUT2D eigenvalue weighted by Gasteiger charge is -2.05. The van der Waals surface area contributed by atoms with Crippen LogP contribution in [0.5, 0.6) is 5.75 Å². The van der Waals surface area contributed by atoms with E-state index in [2.05, 4.69) is 19.9 Å². The van der Waals surface area contributed by atoms with E-state index < -0.39 is 11.7 Å². The number of nitrogens with one attached hydrogen (secondary N) is 1. The summed E-state index contributed by atoms with van der Waals surface area (Å²) in [6.07, 6.45) is -0.867. The average Bonchev–Trinajstić information content (AvgIpc) is 3.17. The summed E-state index contributed by atoms with van der Waals surface area (Å²) in [5, 5.41) is -0.131. The molecule has 3 heterocycles. The fraction of sp³-hybridized carbons (Fsp3) is 0.188. The molecule has 0 spiro atoms. The number of aromatic amines is 1. The maximum absolute atomic E-state index is 13.1. The van der Waals surface area contributed by atoms with Gasteiger partial charge in [-0.3, -0.25) is 0 Å². The van der Waals surface area contributed by atoms with Crippen molar-refractivity contribution >= 4 is 23.1 Å². The van der Waals surface area contributed by atoms with Crippen molar-refractivity contribution in [2.24, 2.45) is 4.99 Å². The van der Waals surface area contributed by atoms with Crippen LogP contribution in [0.3, 0.4) is 0 Å². The molecule has 0 radical (unpaired) electrons. The van der Waals surface area contributed by atoms with Crippen LogP contribution in [0.1, 0.15) is 17.0 Å². The highest BCUT2D eigenvalue weighted by molar-refractivity contribution is 5.91. The first kappa shape index (κ1) is 14.7. The van der Waals surface area contributed by atoms with Crippen molar-refractivity contribution < 1.29 is 17.9 Å². The summed E-state index contributed by atoms with van der Waals surface area (Å²) < 4.78 is 44.9. The standard InChI is InChI=1S/C16H11F3N4O/c17-16(18,19)11-6-21-15-13(11)14(22-8-23-15)20-5-9-7-24-12-4-2-1-3-10(9)12/h1-6,8-9H,7H2,(H,21,22,23). The molecule has 1 aliphatic rings. The van der Waals surface area contributed by atoms with Gasteiger partial charge in [-0.05, 0) is 6.07 Å². The number of alkyl halides is 3. The quantitative estimate of drug-likeness (QED) is 0.725. The zero-order valence-electron chi connectivity index (χ0n) is 12.2. The summed E-state index contributed by atoms with van der Waals surface area (Å²) >= 11 is 0. The third-order valence-corrected chi connectivity index (χ3v) is 3.87. The van der Waals surface area contributed by atoms with Crippen LogP contribution in [-0.4, -0.2) is 27.8 Å². The minimum atomic E-state index is -4.50. The molecule has 1 aliphatic heterocycles. The second kappa shape index (κ2) is 5.33. The highest BCUT2D eigenvalue weighted by Gasteiger charge is 2.35. The third-order valence-electron chi connectivity index (χ3n) is 3.87. The molecule has 122 valence electrons. The van der Waals surface area contributed by atoms with E-state index in [0.29, 0.717) is 6.61 Å². The van der Waals surface area contributed by atoms with E-state index in [0.717, 1.165) is 17.5 Å². The molecule has 0 amide bonds. The number of aromatic nitrogens is 3. The highest BCUT2D eigenvalue weighted by atomic mass is 19.4. The molecule has 2 aromatic heterocycles. The van der Waals surface area contributed by atoms with Crippen LogP contribution in [0.15, 0.2) is 41.8 Å². The molecule has 1 atom stereocenters. The Morgan fingerprint density at radius 3 is 2.92 bits per heavy atom. The number of nitrogens with zero attached hydrogens (tertiary/aromatic N) is 3. The molecular weight excluding hydrogens is 321 g/mol. The summed E-state index contributed by atoms with van der Waals surface area (Å²) in [6, 6.07) is 7.50. The molecule has 1 N–H and O–H groups in total. The molecular formula is C16H11F3N4O. The molecule has 0 fully saturated rings. The summed E-state index contributed by atoms with van der Waals surface area (Å²) in [5.41, 5.74) is 0.234. The summed E-state index contributed by atoms with van der Waals surface area (Å²) in [5.74, 6) is 0.622. The molecule has 0 saturated heterocycles. The molecule has 1 unspecified atom stereocenters. The maximum atomic E-state index is 13.1. The van der Waals surface area contributed by atoms with Crippen LogP contribution >= 0.6 is 0 Å². The zero-order valence-corrected chi connectivity index (χ0v) is 12.2. The van der Waals surface area contributed by atoms with Crippen LogP contribution in [0, 0.1) is 0 Å². The second-order valence-electron chi connectivity index (χ2n) is 5.35. The summed E-state index contributed by atoms with van der Waals surface area (Å²) in [6.45, 7) is 0.399. The molecule has 0 aliphatic carbocycles. The monoisotopic (exact) mass is 332 g/mol. The van der Waals surface area contributed by atoms with Gasteiger partial charge in [0.05, 0.1) is 16.9 Å². The minimum absolute atomic E-state index is 0.0158. The molecule has 0 saturated carbocycles. The minimum Gasteiger partial charge on any atom is -0.492 e. The van der Waals surface area contributed by atoms with Gasteiger partial charge >= 0.3 is 6.18 Å². The lowest BCUT2D eigenvalue weighted by molar-refractivity contribution is -0.136. The van der Waals surface area contributed by atoms with E-state index in [-0.39, 0.29) is 22.8 Å². The van der Waals surface area contributed by atoms with Crippen molar-refractivity contribution in [3.63, 3.8) is 0 Å². The van der Waals surface area contributed by atoms with Gasteiger partial charge in [-0.1, -0.05) is 18.2 Å². The van der Waals surface area contributed by atoms with Crippen LogP contribution in [-0.2, 0) is 6.18 Å². The van der Waals surface area contributed by atoms with Crippen molar-refractivity contribution in [3.05, 3.63) is 47.9 Å². The Kier molecular flexibility index (Phi) is 3.26.